The van der Waals surface area contributed by atoms with Crippen molar-refractivity contribution in [3.8, 4) is 0 Å². The molecule has 0 aromatic heterocycles. The zero-order valence-electron chi connectivity index (χ0n) is 8.05. The van der Waals surface area contributed by atoms with Crippen LogP contribution >= 0.6 is 0 Å². The van der Waals surface area contributed by atoms with Gasteiger partial charge in [-0.25, -0.2) is 4.79 Å². The van der Waals surface area contributed by atoms with Crippen molar-refractivity contribution in [1.82, 2.24) is 0 Å². The molecule has 0 fully saturated rings. The maximum Gasteiger partial charge on any atom is 0.340 e. The van der Waals surface area contributed by atoms with Crippen molar-refractivity contribution in [2.45, 2.75) is 27.7 Å². The fourth-order valence-electron chi connectivity index (χ4n) is 0.294. The molecule has 0 aliphatic heterocycles. The summed E-state index contributed by atoms with van der Waals surface area (Å²) < 4.78 is 0. The van der Waals surface area contributed by atoms with Gasteiger partial charge in [0.1, 0.15) is 0 Å². The average Bonchev–Trinajstić information content (AvgIpc) is 1.97. The third-order valence-electron chi connectivity index (χ3n) is 1.19. The maximum atomic E-state index is 11.1. The van der Waals surface area contributed by atoms with Crippen LogP contribution in [0.5, 0.6) is 0 Å². The molecule has 0 aliphatic rings. The Kier molecular flexibility index (Phi) is 3.89. The molecule has 2 N–H and O–H groups in total. The summed E-state index contributed by atoms with van der Waals surface area (Å²) in [6, 6.07) is 0. The summed E-state index contributed by atoms with van der Waals surface area (Å²) in [4.78, 5) is 15.7. The molecule has 0 radical (unpaired) electrons. The first-order chi connectivity index (χ1) is 5.38. The van der Waals surface area contributed by atoms with Crippen LogP contribution in [0.4, 0.5) is 0 Å². The molecule has 0 heterocycles. The molecule has 0 atom stereocenters. The lowest BCUT2D eigenvalue weighted by atomic mass is 9.98. The van der Waals surface area contributed by atoms with Gasteiger partial charge in [-0.05, 0) is 27.7 Å². The highest BCUT2D eigenvalue weighted by Crippen LogP contribution is 2.14. The highest BCUT2D eigenvalue weighted by molar-refractivity contribution is 5.84. The molecule has 0 saturated heterocycles. The minimum atomic E-state index is -0.515. The molecule has 0 rings (SSSR count). The van der Waals surface area contributed by atoms with Gasteiger partial charge in [-0.3, -0.25) is 0 Å². The summed E-state index contributed by atoms with van der Waals surface area (Å²) in [5, 5.41) is 3.55. The van der Waals surface area contributed by atoms with Gasteiger partial charge in [0.15, 0.2) is 0 Å². The molecule has 70 valence electrons. The molecule has 0 aromatic carbocycles. The Morgan fingerprint density at radius 2 is 2.00 bits per heavy atom. The Bertz CT molecular complexity index is 192. The van der Waals surface area contributed by atoms with Crippen LogP contribution in [0.1, 0.15) is 27.7 Å². The first-order valence-corrected chi connectivity index (χ1v) is 3.83. The van der Waals surface area contributed by atoms with E-state index in [0.29, 0.717) is 12.3 Å². The van der Waals surface area contributed by atoms with Gasteiger partial charge < -0.3 is 10.6 Å². The van der Waals surface area contributed by atoms with E-state index in [-0.39, 0.29) is 5.97 Å². The third-order valence-corrected chi connectivity index (χ3v) is 1.19. The summed E-state index contributed by atoms with van der Waals surface area (Å²) in [5.41, 5.74) is 5.33. The van der Waals surface area contributed by atoms with Crippen LogP contribution in [0.2, 0.25) is 0 Å². The van der Waals surface area contributed by atoms with Crippen LogP contribution in [0.15, 0.2) is 5.16 Å². The molecular formula is C8H16N2O2. The van der Waals surface area contributed by atoms with E-state index in [1.165, 1.54) is 0 Å². The van der Waals surface area contributed by atoms with Gasteiger partial charge in [0, 0.05) is 6.54 Å². The highest BCUT2D eigenvalue weighted by atomic mass is 16.7. The van der Waals surface area contributed by atoms with Gasteiger partial charge in [-0.15, -0.1) is 0 Å². The second-order valence-electron chi connectivity index (χ2n) is 3.66. The molecule has 0 spiro atoms. The minimum absolute atomic E-state index is 0.303. The predicted octanol–water partition coefficient (Wildman–Crippen LogP) is 0.910. The van der Waals surface area contributed by atoms with Crippen LogP contribution in [-0.2, 0) is 9.63 Å². The molecule has 0 aliphatic carbocycles. The minimum Gasteiger partial charge on any atom is -0.325 e. The zero-order valence-corrected chi connectivity index (χ0v) is 8.05. The lowest BCUT2D eigenvalue weighted by molar-refractivity contribution is -0.152. The van der Waals surface area contributed by atoms with Crippen molar-refractivity contribution < 1.29 is 9.63 Å². The first kappa shape index (κ1) is 11.1. The van der Waals surface area contributed by atoms with E-state index in [1.807, 2.05) is 0 Å². The Balaban J connectivity index is 4.04. The number of carbonyl (C=O) groups is 1. The first-order valence-electron chi connectivity index (χ1n) is 3.83. The lowest BCUT2D eigenvalue weighted by Gasteiger charge is -2.12. The summed E-state index contributed by atoms with van der Waals surface area (Å²) in [7, 11) is 0. The van der Waals surface area contributed by atoms with E-state index in [0.717, 1.165) is 0 Å². The van der Waals surface area contributed by atoms with Gasteiger partial charge >= 0.3 is 5.97 Å². The molecule has 0 saturated carbocycles. The summed E-state index contributed by atoms with van der Waals surface area (Å²) >= 11 is 0. The van der Waals surface area contributed by atoms with Crippen LogP contribution < -0.4 is 5.73 Å². The van der Waals surface area contributed by atoms with E-state index < -0.39 is 5.41 Å². The number of hydrogen-bond donors (Lipinski definition) is 1. The van der Waals surface area contributed by atoms with Crippen molar-refractivity contribution in [3.63, 3.8) is 0 Å². The Labute approximate surface area is 72.8 Å². The Hall–Kier alpha value is -0.900. The van der Waals surface area contributed by atoms with Gasteiger partial charge in [0.25, 0.3) is 0 Å². The van der Waals surface area contributed by atoms with Crippen molar-refractivity contribution in [1.29, 1.82) is 0 Å². The standard InChI is InChI=1S/C8H16N2O2/c1-6(5-9)10-12-7(11)8(2,3)4/h5,9H2,1-4H3/b10-6-. The molecule has 0 unspecified atom stereocenters. The molecule has 12 heavy (non-hydrogen) atoms. The predicted molar refractivity (Wildman–Crippen MR) is 47.7 cm³/mol. The van der Waals surface area contributed by atoms with Crippen LogP contribution in [-0.4, -0.2) is 18.2 Å². The fraction of sp³-hybridized carbons (Fsp3) is 0.750. The van der Waals surface area contributed by atoms with Crippen LogP contribution in [0.3, 0.4) is 0 Å². The molecule has 4 nitrogen and oxygen atoms in total. The van der Waals surface area contributed by atoms with E-state index in [2.05, 4.69) is 9.99 Å². The average molecular weight is 172 g/mol. The summed E-state index contributed by atoms with van der Waals surface area (Å²) in [6.45, 7) is 7.31. The fourth-order valence-corrected chi connectivity index (χ4v) is 0.294. The molecular weight excluding hydrogens is 156 g/mol. The quantitative estimate of drug-likeness (QED) is 0.382. The number of nitrogens with two attached hydrogens (primary N) is 1. The van der Waals surface area contributed by atoms with E-state index in [4.69, 9.17) is 5.73 Å². The van der Waals surface area contributed by atoms with Crippen LogP contribution in [0.25, 0.3) is 0 Å². The molecule has 4 heteroatoms. The lowest BCUT2D eigenvalue weighted by Crippen LogP contribution is -2.22. The smallest absolute Gasteiger partial charge is 0.325 e. The van der Waals surface area contributed by atoms with Crippen LogP contribution in [0, 0.1) is 5.41 Å². The maximum absolute atomic E-state index is 11.1. The monoisotopic (exact) mass is 172 g/mol. The number of nitrogens with zero attached hydrogens (tertiary/aromatic N) is 1. The van der Waals surface area contributed by atoms with Crippen molar-refractivity contribution >= 4 is 11.7 Å². The third kappa shape index (κ3) is 4.08. The van der Waals surface area contributed by atoms with E-state index >= 15 is 0 Å². The molecule has 0 bridgehead atoms. The number of oxime groups is 1. The summed E-state index contributed by atoms with van der Waals surface area (Å²) in [5.74, 6) is -0.352. The Morgan fingerprint density at radius 3 is 2.33 bits per heavy atom. The zero-order chi connectivity index (χ0) is 9.78. The topological polar surface area (TPSA) is 64.7 Å². The summed E-state index contributed by atoms with van der Waals surface area (Å²) in [6.07, 6.45) is 0. The number of hydrogen-bond acceptors (Lipinski definition) is 4. The van der Waals surface area contributed by atoms with Crippen molar-refractivity contribution in [3.05, 3.63) is 0 Å². The van der Waals surface area contributed by atoms with Crippen molar-refractivity contribution in [2.24, 2.45) is 16.3 Å². The normalized spacial score (nSPS) is 12.9. The SMILES string of the molecule is C/C(CN)=N/OC(=O)C(C)(C)C. The van der Waals surface area contributed by atoms with E-state index in [9.17, 15) is 4.79 Å². The van der Waals surface area contributed by atoms with Gasteiger partial charge in [-0.2, -0.15) is 0 Å². The van der Waals surface area contributed by atoms with Gasteiger partial charge in [0.05, 0.1) is 11.1 Å². The number of carbonyl (C=O) groups excluding carboxylic acids is 1. The number of rotatable bonds is 2. The largest absolute Gasteiger partial charge is 0.340 e. The second-order valence-corrected chi connectivity index (χ2v) is 3.66. The van der Waals surface area contributed by atoms with Gasteiger partial charge in [0.2, 0.25) is 0 Å². The molecule has 0 aromatic rings. The van der Waals surface area contributed by atoms with E-state index in [1.54, 1.807) is 27.7 Å². The highest BCUT2D eigenvalue weighted by Gasteiger charge is 2.23. The second kappa shape index (κ2) is 4.21. The molecule has 0 amide bonds. The Morgan fingerprint density at radius 1 is 1.50 bits per heavy atom. The van der Waals surface area contributed by atoms with Gasteiger partial charge in [-0.1, -0.05) is 5.16 Å². The van der Waals surface area contributed by atoms with Crippen molar-refractivity contribution in [2.75, 3.05) is 6.54 Å².